The van der Waals surface area contributed by atoms with Crippen molar-refractivity contribution in [2.75, 3.05) is 64.1 Å². The van der Waals surface area contributed by atoms with E-state index >= 15 is 0 Å². The molecule has 0 radical (unpaired) electrons. The molecule has 1 N–H and O–H groups in total. The summed E-state index contributed by atoms with van der Waals surface area (Å²) < 4.78 is 10.6. The van der Waals surface area contributed by atoms with Gasteiger partial charge < -0.3 is 14.4 Å². The van der Waals surface area contributed by atoms with Crippen molar-refractivity contribution in [3.05, 3.63) is 33.9 Å². The SMILES string of the molecule is O=C(CN1CCOCC1)N/N=C\c1cc([N+](=O)[O-])ccc1N1CCOCC1. The maximum Gasteiger partial charge on any atom is 0.270 e. The zero-order valence-corrected chi connectivity index (χ0v) is 15.0. The number of hydrogen-bond donors (Lipinski definition) is 1. The first-order chi connectivity index (χ1) is 13.1. The van der Waals surface area contributed by atoms with Gasteiger partial charge in [0.25, 0.3) is 11.6 Å². The number of benzene rings is 1. The van der Waals surface area contributed by atoms with Crippen LogP contribution in [0.4, 0.5) is 11.4 Å². The van der Waals surface area contributed by atoms with Crippen molar-refractivity contribution in [3.63, 3.8) is 0 Å². The van der Waals surface area contributed by atoms with Crippen LogP contribution in [-0.4, -0.2) is 81.1 Å². The van der Waals surface area contributed by atoms with Gasteiger partial charge in [-0.05, 0) is 6.07 Å². The van der Waals surface area contributed by atoms with Gasteiger partial charge in [-0.3, -0.25) is 19.8 Å². The van der Waals surface area contributed by atoms with Crippen molar-refractivity contribution in [1.29, 1.82) is 0 Å². The molecule has 2 saturated heterocycles. The lowest BCUT2D eigenvalue weighted by Gasteiger charge is -2.29. The molecule has 0 atom stereocenters. The van der Waals surface area contributed by atoms with E-state index in [1.807, 2.05) is 4.90 Å². The molecular formula is C17H23N5O5. The van der Waals surface area contributed by atoms with Gasteiger partial charge >= 0.3 is 0 Å². The van der Waals surface area contributed by atoms with Crippen LogP contribution in [0, 0.1) is 10.1 Å². The highest BCUT2D eigenvalue weighted by Crippen LogP contribution is 2.25. The lowest BCUT2D eigenvalue weighted by Crippen LogP contribution is -2.42. The van der Waals surface area contributed by atoms with Crippen molar-refractivity contribution < 1.29 is 19.2 Å². The number of ether oxygens (including phenoxy) is 2. The first-order valence-corrected chi connectivity index (χ1v) is 8.86. The summed E-state index contributed by atoms with van der Waals surface area (Å²) >= 11 is 0. The molecule has 146 valence electrons. The zero-order valence-electron chi connectivity index (χ0n) is 15.0. The molecule has 0 bridgehead atoms. The minimum Gasteiger partial charge on any atom is -0.379 e. The van der Waals surface area contributed by atoms with E-state index in [1.54, 1.807) is 6.07 Å². The summed E-state index contributed by atoms with van der Waals surface area (Å²) in [6, 6.07) is 4.64. The highest BCUT2D eigenvalue weighted by Gasteiger charge is 2.17. The standard InChI is InChI=1S/C17H23N5O5/c23-17(13-20-3-7-26-8-4-20)19-18-12-14-11-15(22(24)25)1-2-16(14)21-5-9-27-10-6-21/h1-2,11-12H,3-10,13H2,(H,19,23)/b18-12-. The summed E-state index contributed by atoms with van der Waals surface area (Å²) in [5, 5.41) is 15.1. The number of nitrogens with zero attached hydrogens (tertiary/aromatic N) is 4. The van der Waals surface area contributed by atoms with Crippen molar-refractivity contribution >= 4 is 23.5 Å². The molecule has 1 aromatic carbocycles. The second-order valence-electron chi connectivity index (χ2n) is 6.28. The van der Waals surface area contributed by atoms with Crippen LogP contribution in [0.25, 0.3) is 0 Å². The smallest absolute Gasteiger partial charge is 0.270 e. The van der Waals surface area contributed by atoms with Gasteiger partial charge in [-0.25, -0.2) is 5.43 Å². The molecule has 27 heavy (non-hydrogen) atoms. The van der Waals surface area contributed by atoms with Crippen LogP contribution in [0.5, 0.6) is 0 Å². The Hall–Kier alpha value is -2.56. The average Bonchev–Trinajstić information content (AvgIpc) is 2.69. The fourth-order valence-corrected chi connectivity index (χ4v) is 3.02. The van der Waals surface area contributed by atoms with Gasteiger partial charge in [-0.1, -0.05) is 0 Å². The highest BCUT2D eigenvalue weighted by molar-refractivity contribution is 5.90. The number of anilines is 1. The molecule has 10 heteroatoms. The number of nitro benzene ring substituents is 1. The number of amides is 1. The third-order valence-corrected chi connectivity index (χ3v) is 4.44. The molecule has 2 aliphatic heterocycles. The number of hydrazone groups is 1. The van der Waals surface area contributed by atoms with Crippen LogP contribution < -0.4 is 10.3 Å². The first kappa shape index (κ1) is 19.2. The minimum absolute atomic E-state index is 0.0203. The molecule has 1 amide bonds. The fourth-order valence-electron chi connectivity index (χ4n) is 3.02. The summed E-state index contributed by atoms with van der Waals surface area (Å²) in [6.07, 6.45) is 1.45. The second-order valence-corrected chi connectivity index (χ2v) is 6.28. The topological polar surface area (TPSA) is 110 Å². The summed E-state index contributed by atoms with van der Waals surface area (Å²) in [5.74, 6) is -0.230. The van der Waals surface area contributed by atoms with Crippen LogP contribution >= 0.6 is 0 Å². The van der Waals surface area contributed by atoms with E-state index in [0.29, 0.717) is 58.2 Å². The van der Waals surface area contributed by atoms with Gasteiger partial charge in [0, 0.05) is 49.6 Å². The zero-order chi connectivity index (χ0) is 19.1. The second kappa shape index (κ2) is 9.40. The number of nitro groups is 1. The molecule has 1 aromatic rings. The Morgan fingerprint density at radius 2 is 1.85 bits per heavy atom. The Morgan fingerprint density at radius 3 is 2.52 bits per heavy atom. The Bertz CT molecular complexity index is 699. The Balaban J connectivity index is 1.67. The lowest BCUT2D eigenvalue weighted by atomic mass is 10.1. The van der Waals surface area contributed by atoms with E-state index in [9.17, 15) is 14.9 Å². The van der Waals surface area contributed by atoms with Crippen LogP contribution in [0.15, 0.2) is 23.3 Å². The number of carbonyl (C=O) groups excluding carboxylic acids is 1. The van der Waals surface area contributed by atoms with Crippen molar-refractivity contribution in [1.82, 2.24) is 10.3 Å². The van der Waals surface area contributed by atoms with E-state index in [-0.39, 0.29) is 18.1 Å². The first-order valence-electron chi connectivity index (χ1n) is 8.86. The maximum absolute atomic E-state index is 12.0. The highest BCUT2D eigenvalue weighted by atomic mass is 16.6. The number of hydrogen-bond acceptors (Lipinski definition) is 8. The van der Waals surface area contributed by atoms with Gasteiger partial charge in [-0.2, -0.15) is 5.10 Å². The van der Waals surface area contributed by atoms with E-state index in [0.717, 1.165) is 5.69 Å². The molecule has 0 saturated carbocycles. The molecule has 2 fully saturated rings. The molecule has 0 unspecified atom stereocenters. The number of nitrogens with one attached hydrogen (secondary N) is 1. The lowest BCUT2D eigenvalue weighted by molar-refractivity contribution is -0.384. The van der Waals surface area contributed by atoms with Crippen LogP contribution in [-0.2, 0) is 14.3 Å². The number of rotatable bonds is 6. The normalized spacial score (nSPS) is 18.6. The molecule has 2 heterocycles. The summed E-state index contributed by atoms with van der Waals surface area (Å²) in [6.45, 7) is 5.50. The third-order valence-electron chi connectivity index (χ3n) is 4.44. The van der Waals surface area contributed by atoms with Crippen molar-refractivity contribution in [3.8, 4) is 0 Å². The molecule has 2 aliphatic rings. The molecular weight excluding hydrogens is 354 g/mol. The van der Waals surface area contributed by atoms with Gasteiger partial charge in [0.05, 0.1) is 44.1 Å². The third kappa shape index (κ3) is 5.46. The van der Waals surface area contributed by atoms with Crippen LogP contribution in [0.2, 0.25) is 0 Å². The van der Waals surface area contributed by atoms with Gasteiger partial charge in [0.15, 0.2) is 0 Å². The van der Waals surface area contributed by atoms with Crippen LogP contribution in [0.3, 0.4) is 0 Å². The fraction of sp³-hybridized carbons (Fsp3) is 0.529. The maximum atomic E-state index is 12.0. The van der Waals surface area contributed by atoms with E-state index in [2.05, 4.69) is 15.4 Å². The Labute approximate surface area is 156 Å². The Morgan fingerprint density at radius 1 is 1.19 bits per heavy atom. The van der Waals surface area contributed by atoms with Gasteiger partial charge in [-0.15, -0.1) is 0 Å². The number of morpholine rings is 2. The van der Waals surface area contributed by atoms with E-state index in [1.165, 1.54) is 18.3 Å². The molecule has 3 rings (SSSR count). The number of non-ortho nitro benzene ring substituents is 1. The summed E-state index contributed by atoms with van der Waals surface area (Å²) in [4.78, 5) is 26.7. The quantitative estimate of drug-likeness (QED) is 0.429. The van der Waals surface area contributed by atoms with Gasteiger partial charge in [0.1, 0.15) is 0 Å². The average molecular weight is 377 g/mol. The predicted octanol–water partition coefficient (Wildman–Crippen LogP) is 0.214. The largest absolute Gasteiger partial charge is 0.379 e. The minimum atomic E-state index is -0.447. The summed E-state index contributed by atoms with van der Waals surface area (Å²) in [5.41, 5.74) is 3.88. The van der Waals surface area contributed by atoms with Crippen molar-refractivity contribution in [2.45, 2.75) is 0 Å². The van der Waals surface area contributed by atoms with Crippen LogP contribution in [0.1, 0.15) is 5.56 Å². The van der Waals surface area contributed by atoms with E-state index in [4.69, 9.17) is 9.47 Å². The van der Waals surface area contributed by atoms with Gasteiger partial charge in [0.2, 0.25) is 0 Å². The monoisotopic (exact) mass is 377 g/mol. The summed E-state index contributed by atoms with van der Waals surface area (Å²) in [7, 11) is 0. The molecule has 0 spiro atoms. The molecule has 10 nitrogen and oxygen atoms in total. The Kier molecular flexibility index (Phi) is 6.69. The van der Waals surface area contributed by atoms with E-state index < -0.39 is 4.92 Å². The molecule has 0 aromatic heterocycles. The molecule has 0 aliphatic carbocycles. The van der Waals surface area contributed by atoms with Crippen molar-refractivity contribution in [2.24, 2.45) is 5.10 Å². The predicted molar refractivity (Wildman–Crippen MR) is 99.1 cm³/mol. The number of carbonyl (C=O) groups is 1.